The predicted octanol–water partition coefficient (Wildman–Crippen LogP) is 1.70. The first-order valence-electron chi connectivity index (χ1n) is 4.22. The lowest BCUT2D eigenvalue weighted by Gasteiger charge is -2.22. The minimum atomic E-state index is -0.306. The molecule has 0 spiro atoms. The van der Waals surface area contributed by atoms with E-state index in [-0.39, 0.29) is 12.0 Å². The summed E-state index contributed by atoms with van der Waals surface area (Å²) < 4.78 is 5.40. The first kappa shape index (κ1) is 8.60. The maximum absolute atomic E-state index is 9.25. The molecule has 2 nitrogen and oxygen atoms in total. The average molecular weight is 156 g/mol. The summed E-state index contributed by atoms with van der Waals surface area (Å²) in [5.74, 6) is 1.11. The summed E-state index contributed by atoms with van der Waals surface area (Å²) >= 11 is 0. The zero-order valence-corrected chi connectivity index (χ0v) is 7.21. The van der Waals surface area contributed by atoms with Gasteiger partial charge in [-0.25, -0.2) is 0 Å². The first-order chi connectivity index (χ1) is 5.22. The van der Waals surface area contributed by atoms with Gasteiger partial charge in [0.2, 0.25) is 0 Å². The van der Waals surface area contributed by atoms with Crippen LogP contribution in [-0.4, -0.2) is 17.8 Å². The fourth-order valence-corrected chi connectivity index (χ4v) is 1.13. The molecule has 1 rings (SSSR count). The van der Waals surface area contributed by atoms with Crippen molar-refractivity contribution in [3.8, 4) is 0 Å². The van der Waals surface area contributed by atoms with E-state index in [1.165, 1.54) is 0 Å². The zero-order valence-electron chi connectivity index (χ0n) is 7.21. The Morgan fingerprint density at radius 1 is 1.55 bits per heavy atom. The number of hydrogen-bond donors (Lipinski definition) is 1. The molecule has 0 aromatic rings. The molecular weight excluding hydrogens is 140 g/mol. The Bertz CT molecular complexity index is 150. The highest BCUT2D eigenvalue weighted by molar-refractivity contribution is 5.01. The smallest absolute Gasteiger partial charge is 0.0973 e. The number of aliphatic hydroxyl groups is 1. The van der Waals surface area contributed by atoms with Gasteiger partial charge in [-0.1, -0.05) is 6.92 Å². The monoisotopic (exact) mass is 156 g/mol. The minimum Gasteiger partial charge on any atom is -0.498 e. The zero-order chi connectivity index (χ0) is 8.27. The van der Waals surface area contributed by atoms with E-state index < -0.39 is 0 Å². The van der Waals surface area contributed by atoms with Crippen LogP contribution in [0.5, 0.6) is 0 Å². The molecule has 0 amide bonds. The normalized spacial score (nSPS) is 23.4. The van der Waals surface area contributed by atoms with E-state index in [2.05, 4.69) is 6.08 Å². The molecular formula is C9H16O2. The molecule has 1 aliphatic heterocycles. The van der Waals surface area contributed by atoms with Crippen LogP contribution in [0.25, 0.3) is 0 Å². The second-order valence-corrected chi connectivity index (χ2v) is 3.13. The second kappa shape index (κ2) is 3.77. The Hall–Kier alpha value is -0.500. The molecule has 0 aliphatic carbocycles. The van der Waals surface area contributed by atoms with Crippen molar-refractivity contribution in [1.29, 1.82) is 0 Å². The Labute approximate surface area is 67.9 Å². The average Bonchev–Trinajstić information content (AvgIpc) is 2.05. The lowest BCUT2D eigenvalue weighted by atomic mass is 10.0. The molecule has 2 unspecified atom stereocenters. The summed E-state index contributed by atoms with van der Waals surface area (Å²) in [5, 5.41) is 9.25. The van der Waals surface area contributed by atoms with Gasteiger partial charge in [0.05, 0.1) is 18.5 Å². The lowest BCUT2D eigenvalue weighted by Crippen LogP contribution is -2.19. The molecule has 0 bridgehead atoms. The van der Waals surface area contributed by atoms with Crippen LogP contribution in [0.4, 0.5) is 0 Å². The van der Waals surface area contributed by atoms with Gasteiger partial charge < -0.3 is 9.84 Å². The van der Waals surface area contributed by atoms with E-state index in [9.17, 15) is 5.11 Å². The van der Waals surface area contributed by atoms with E-state index in [0.717, 1.165) is 25.2 Å². The van der Waals surface area contributed by atoms with E-state index in [0.29, 0.717) is 0 Å². The van der Waals surface area contributed by atoms with Gasteiger partial charge in [-0.15, -0.1) is 0 Å². The van der Waals surface area contributed by atoms with Gasteiger partial charge in [0, 0.05) is 5.92 Å². The summed E-state index contributed by atoms with van der Waals surface area (Å²) in [6.07, 6.45) is 3.97. The van der Waals surface area contributed by atoms with Crippen LogP contribution in [0.3, 0.4) is 0 Å². The standard InChI is InChI=1S/C9H16O2/c1-7(8(2)10)9-5-3-4-6-11-9/h5,7-8,10H,3-4,6H2,1-2H3. The summed E-state index contributed by atoms with van der Waals surface area (Å²) in [6, 6.07) is 0. The van der Waals surface area contributed by atoms with E-state index >= 15 is 0 Å². The Morgan fingerprint density at radius 3 is 2.73 bits per heavy atom. The highest BCUT2D eigenvalue weighted by atomic mass is 16.5. The van der Waals surface area contributed by atoms with Crippen LogP contribution in [0, 0.1) is 5.92 Å². The largest absolute Gasteiger partial charge is 0.498 e. The van der Waals surface area contributed by atoms with Crippen molar-refractivity contribution in [2.75, 3.05) is 6.61 Å². The molecule has 0 fully saturated rings. The number of allylic oxidation sites excluding steroid dienone is 1. The van der Waals surface area contributed by atoms with Gasteiger partial charge >= 0.3 is 0 Å². The van der Waals surface area contributed by atoms with Crippen molar-refractivity contribution in [2.24, 2.45) is 5.92 Å². The van der Waals surface area contributed by atoms with Crippen LogP contribution in [0.1, 0.15) is 26.7 Å². The van der Waals surface area contributed by atoms with Crippen molar-refractivity contribution in [1.82, 2.24) is 0 Å². The van der Waals surface area contributed by atoms with Crippen LogP contribution in [-0.2, 0) is 4.74 Å². The molecule has 11 heavy (non-hydrogen) atoms. The number of aliphatic hydroxyl groups excluding tert-OH is 1. The van der Waals surface area contributed by atoms with Crippen molar-refractivity contribution < 1.29 is 9.84 Å². The van der Waals surface area contributed by atoms with Crippen molar-refractivity contribution >= 4 is 0 Å². The highest BCUT2D eigenvalue weighted by Crippen LogP contribution is 2.20. The summed E-state index contributed by atoms with van der Waals surface area (Å²) in [6.45, 7) is 4.59. The maximum atomic E-state index is 9.25. The summed E-state index contributed by atoms with van der Waals surface area (Å²) in [4.78, 5) is 0. The number of hydrogen-bond acceptors (Lipinski definition) is 2. The quantitative estimate of drug-likeness (QED) is 0.659. The minimum absolute atomic E-state index is 0.148. The number of rotatable bonds is 2. The molecule has 1 heterocycles. The van der Waals surface area contributed by atoms with Gasteiger partial charge in [0.15, 0.2) is 0 Å². The van der Waals surface area contributed by atoms with Crippen LogP contribution in [0.2, 0.25) is 0 Å². The predicted molar refractivity (Wildman–Crippen MR) is 44.1 cm³/mol. The maximum Gasteiger partial charge on any atom is 0.0973 e. The van der Waals surface area contributed by atoms with Crippen LogP contribution >= 0.6 is 0 Å². The SMILES string of the molecule is CC(O)C(C)C1=CCCCO1. The molecule has 2 atom stereocenters. The fraction of sp³-hybridized carbons (Fsp3) is 0.778. The van der Waals surface area contributed by atoms with Gasteiger partial charge in [0.1, 0.15) is 0 Å². The molecule has 2 heteroatoms. The lowest BCUT2D eigenvalue weighted by molar-refractivity contribution is 0.0894. The van der Waals surface area contributed by atoms with Crippen LogP contribution < -0.4 is 0 Å². The molecule has 64 valence electrons. The van der Waals surface area contributed by atoms with E-state index in [1.54, 1.807) is 6.92 Å². The molecule has 1 N–H and O–H groups in total. The Kier molecular flexibility index (Phi) is 2.94. The van der Waals surface area contributed by atoms with Gasteiger partial charge in [-0.2, -0.15) is 0 Å². The molecule has 0 radical (unpaired) electrons. The molecule has 0 saturated carbocycles. The molecule has 0 aromatic carbocycles. The topological polar surface area (TPSA) is 29.5 Å². The highest BCUT2D eigenvalue weighted by Gasteiger charge is 2.17. The fourth-order valence-electron chi connectivity index (χ4n) is 1.13. The van der Waals surface area contributed by atoms with E-state index in [1.807, 2.05) is 6.92 Å². The Morgan fingerprint density at radius 2 is 2.27 bits per heavy atom. The Balaban J connectivity index is 2.51. The molecule has 1 aliphatic rings. The molecule has 0 aromatic heterocycles. The third-order valence-electron chi connectivity index (χ3n) is 2.14. The summed E-state index contributed by atoms with van der Waals surface area (Å²) in [7, 11) is 0. The van der Waals surface area contributed by atoms with Gasteiger partial charge in [-0.05, 0) is 25.8 Å². The second-order valence-electron chi connectivity index (χ2n) is 3.13. The van der Waals surface area contributed by atoms with Gasteiger partial charge in [-0.3, -0.25) is 0 Å². The van der Waals surface area contributed by atoms with Crippen molar-refractivity contribution in [3.05, 3.63) is 11.8 Å². The summed E-state index contributed by atoms with van der Waals surface area (Å²) in [5.41, 5.74) is 0. The number of ether oxygens (including phenoxy) is 1. The molecule has 0 saturated heterocycles. The first-order valence-corrected chi connectivity index (χ1v) is 4.22. The van der Waals surface area contributed by atoms with Gasteiger partial charge in [0.25, 0.3) is 0 Å². The third kappa shape index (κ3) is 2.22. The van der Waals surface area contributed by atoms with Crippen molar-refractivity contribution in [2.45, 2.75) is 32.8 Å². The van der Waals surface area contributed by atoms with Crippen LogP contribution in [0.15, 0.2) is 11.8 Å². The van der Waals surface area contributed by atoms with E-state index in [4.69, 9.17) is 4.74 Å². The van der Waals surface area contributed by atoms with Crippen molar-refractivity contribution in [3.63, 3.8) is 0 Å². The third-order valence-corrected chi connectivity index (χ3v) is 2.14.